The highest BCUT2D eigenvalue weighted by molar-refractivity contribution is 6.13. The van der Waals surface area contributed by atoms with Gasteiger partial charge in [0.25, 0.3) is 0 Å². The number of benzene rings is 1. The van der Waals surface area contributed by atoms with Gasteiger partial charge in [-0.3, -0.25) is 0 Å². The second kappa shape index (κ2) is 13.3. The summed E-state index contributed by atoms with van der Waals surface area (Å²) in [6.07, 6.45) is 11.7. The molecule has 0 atom stereocenters. The maximum atomic E-state index is 14.4. The average molecular weight is 560 g/mol. The molecule has 3 N–H and O–H groups in total. The molecule has 220 valence electrons. The van der Waals surface area contributed by atoms with Gasteiger partial charge in [-0.15, -0.1) is 0 Å². The van der Waals surface area contributed by atoms with E-state index < -0.39 is 0 Å². The molecule has 3 aliphatic heterocycles. The number of hydrogen-bond donors (Lipinski definition) is 3. The zero-order chi connectivity index (χ0) is 28.0. The molecule has 0 bridgehead atoms. The lowest BCUT2D eigenvalue weighted by atomic mass is 9.82. The molecule has 3 fully saturated rings. The van der Waals surface area contributed by atoms with E-state index in [9.17, 15) is 4.79 Å². The minimum absolute atomic E-state index is 0.0149. The molecule has 0 spiro atoms. The standard InChI is InChI=1S/C32H45N7O2/c1-23-7-9-28-29(21-23)38(30-10-8-26(22-36-30)35-18-17-34-25-11-15-33-16-12-25)32(40)39(27-13-19-41-20-14-27)37-31(28)24-5-3-2-4-6-24/h7-10,21-22,24-25,27,33-35H,2-6,11-20H2,1H3. The second-order valence-electron chi connectivity index (χ2n) is 12.0. The molecule has 4 aliphatic rings. The molecule has 0 radical (unpaired) electrons. The number of ether oxygens (including phenoxy) is 1. The van der Waals surface area contributed by atoms with Gasteiger partial charge in [0.1, 0.15) is 5.82 Å². The summed E-state index contributed by atoms with van der Waals surface area (Å²) in [5, 5.41) is 17.5. The number of piperidine rings is 1. The third-order valence-corrected chi connectivity index (χ3v) is 9.00. The Bertz CT molecular complexity index is 1200. The number of hydrazone groups is 1. The number of aromatic nitrogens is 1. The van der Waals surface area contributed by atoms with Crippen LogP contribution in [-0.2, 0) is 4.74 Å². The van der Waals surface area contributed by atoms with Crippen LogP contribution in [0.5, 0.6) is 0 Å². The van der Waals surface area contributed by atoms with Crippen molar-refractivity contribution in [1.82, 2.24) is 20.6 Å². The van der Waals surface area contributed by atoms with Crippen molar-refractivity contribution >= 4 is 28.9 Å². The first-order valence-electron chi connectivity index (χ1n) is 15.7. The number of rotatable bonds is 8. The molecule has 2 saturated heterocycles. The Hall–Kier alpha value is -3.01. The molecule has 9 nitrogen and oxygen atoms in total. The van der Waals surface area contributed by atoms with E-state index in [-0.39, 0.29) is 12.1 Å². The van der Waals surface area contributed by atoms with Crippen LogP contribution >= 0.6 is 0 Å². The normalized spacial score (nSPS) is 21.4. The fourth-order valence-corrected chi connectivity index (χ4v) is 6.66. The van der Waals surface area contributed by atoms with Crippen LogP contribution in [0.15, 0.2) is 41.6 Å². The number of urea groups is 1. The van der Waals surface area contributed by atoms with Crippen molar-refractivity contribution in [3.05, 3.63) is 47.7 Å². The Balaban J connectivity index is 1.26. The Labute approximate surface area is 244 Å². The first kappa shape index (κ1) is 28.1. The number of aryl methyl sites for hydroxylation is 1. The van der Waals surface area contributed by atoms with Crippen molar-refractivity contribution in [2.24, 2.45) is 11.0 Å². The highest BCUT2D eigenvalue weighted by Crippen LogP contribution is 2.38. The van der Waals surface area contributed by atoms with Crippen LogP contribution in [0.4, 0.5) is 22.0 Å². The minimum Gasteiger partial charge on any atom is -0.383 e. The highest BCUT2D eigenvalue weighted by Gasteiger charge is 2.38. The van der Waals surface area contributed by atoms with Crippen molar-refractivity contribution in [2.75, 3.05) is 49.6 Å². The molecular weight excluding hydrogens is 514 g/mol. The third kappa shape index (κ3) is 6.58. The number of fused-ring (bicyclic) bond motifs is 1. The summed E-state index contributed by atoms with van der Waals surface area (Å²) in [6, 6.07) is 10.9. The summed E-state index contributed by atoms with van der Waals surface area (Å²) in [7, 11) is 0. The first-order chi connectivity index (χ1) is 20.2. The monoisotopic (exact) mass is 559 g/mol. The van der Waals surface area contributed by atoms with Crippen molar-refractivity contribution in [1.29, 1.82) is 0 Å². The van der Waals surface area contributed by atoms with Crippen LogP contribution in [0.2, 0.25) is 0 Å². The quantitative estimate of drug-likeness (QED) is 0.386. The van der Waals surface area contributed by atoms with Crippen molar-refractivity contribution in [2.45, 2.75) is 76.8 Å². The largest absolute Gasteiger partial charge is 0.383 e. The van der Waals surface area contributed by atoms with E-state index in [4.69, 9.17) is 14.8 Å². The molecule has 41 heavy (non-hydrogen) atoms. The van der Waals surface area contributed by atoms with Gasteiger partial charge in [0, 0.05) is 43.8 Å². The fourth-order valence-electron chi connectivity index (χ4n) is 6.66. The van der Waals surface area contributed by atoms with Gasteiger partial charge in [-0.05, 0) is 82.3 Å². The molecule has 2 aromatic rings. The van der Waals surface area contributed by atoms with Crippen LogP contribution in [0.3, 0.4) is 0 Å². The Morgan fingerprint density at radius 3 is 2.54 bits per heavy atom. The van der Waals surface area contributed by atoms with E-state index in [1.54, 1.807) is 9.91 Å². The summed E-state index contributed by atoms with van der Waals surface area (Å²) in [6.45, 7) is 7.30. The fraction of sp³-hybridized carbons (Fsp3) is 0.594. The van der Waals surface area contributed by atoms with Crippen molar-refractivity contribution in [3.63, 3.8) is 0 Å². The smallest absolute Gasteiger partial charge is 0.351 e. The maximum absolute atomic E-state index is 14.4. The molecular formula is C32H45N7O2. The molecule has 6 rings (SSSR count). The van der Waals surface area contributed by atoms with E-state index in [1.807, 2.05) is 18.3 Å². The molecule has 2 amide bonds. The number of hydrogen-bond acceptors (Lipinski definition) is 7. The number of nitrogens with zero attached hydrogens (tertiary/aromatic N) is 4. The van der Waals surface area contributed by atoms with E-state index in [1.165, 1.54) is 32.1 Å². The van der Waals surface area contributed by atoms with Crippen LogP contribution in [-0.4, -0.2) is 73.2 Å². The van der Waals surface area contributed by atoms with Gasteiger partial charge in [0.2, 0.25) is 0 Å². The summed E-state index contributed by atoms with van der Waals surface area (Å²) in [4.78, 5) is 21.0. The summed E-state index contributed by atoms with van der Waals surface area (Å²) >= 11 is 0. The predicted molar refractivity (Wildman–Crippen MR) is 164 cm³/mol. The van der Waals surface area contributed by atoms with Crippen LogP contribution in [0.25, 0.3) is 0 Å². The Morgan fingerprint density at radius 2 is 1.78 bits per heavy atom. The van der Waals surface area contributed by atoms with Crippen molar-refractivity contribution < 1.29 is 9.53 Å². The van der Waals surface area contributed by atoms with Crippen LogP contribution in [0, 0.1) is 12.8 Å². The minimum atomic E-state index is -0.131. The summed E-state index contributed by atoms with van der Waals surface area (Å²) in [5.41, 5.74) is 5.06. The Morgan fingerprint density at radius 1 is 0.976 bits per heavy atom. The lowest BCUT2D eigenvalue weighted by molar-refractivity contribution is 0.0480. The van der Waals surface area contributed by atoms with Gasteiger partial charge in [0.05, 0.1) is 29.3 Å². The van der Waals surface area contributed by atoms with Crippen molar-refractivity contribution in [3.8, 4) is 0 Å². The number of anilines is 3. The van der Waals surface area contributed by atoms with Gasteiger partial charge in [0.15, 0.2) is 0 Å². The number of carbonyl (C=O) groups excluding carboxylic acids is 1. The van der Waals surface area contributed by atoms with Gasteiger partial charge < -0.3 is 20.7 Å². The number of amides is 2. The summed E-state index contributed by atoms with van der Waals surface area (Å²) < 4.78 is 5.65. The van der Waals surface area contributed by atoms with Gasteiger partial charge in [-0.2, -0.15) is 5.10 Å². The zero-order valence-electron chi connectivity index (χ0n) is 24.4. The number of nitrogens with one attached hydrogen (secondary N) is 3. The SMILES string of the molecule is Cc1ccc2c(c1)N(c1ccc(NCCNC3CCNCC3)cn1)C(=O)N(C1CCOCC1)N=C2C1CCCCC1. The van der Waals surface area contributed by atoms with E-state index in [0.29, 0.717) is 31.0 Å². The molecule has 4 heterocycles. The molecule has 1 aromatic carbocycles. The van der Waals surface area contributed by atoms with E-state index in [0.717, 1.165) is 80.1 Å². The maximum Gasteiger partial charge on any atom is 0.351 e. The molecule has 1 aromatic heterocycles. The summed E-state index contributed by atoms with van der Waals surface area (Å²) in [5.74, 6) is 0.982. The first-order valence-corrected chi connectivity index (χ1v) is 15.7. The second-order valence-corrected chi connectivity index (χ2v) is 12.0. The van der Waals surface area contributed by atoms with E-state index >= 15 is 0 Å². The zero-order valence-corrected chi connectivity index (χ0v) is 24.4. The van der Waals surface area contributed by atoms with E-state index in [2.05, 4.69) is 41.1 Å². The van der Waals surface area contributed by atoms with Crippen LogP contribution < -0.4 is 20.9 Å². The lowest BCUT2D eigenvalue weighted by Gasteiger charge is -2.33. The van der Waals surface area contributed by atoms with Gasteiger partial charge >= 0.3 is 6.03 Å². The number of carbonyl (C=O) groups is 1. The van der Waals surface area contributed by atoms with Gasteiger partial charge in [-0.25, -0.2) is 19.7 Å². The predicted octanol–water partition coefficient (Wildman–Crippen LogP) is 5.18. The number of pyridine rings is 1. The topological polar surface area (TPSA) is 94.1 Å². The highest BCUT2D eigenvalue weighted by atomic mass is 16.5. The Kier molecular flexibility index (Phi) is 9.13. The molecule has 0 unspecified atom stereocenters. The molecule has 1 saturated carbocycles. The van der Waals surface area contributed by atoms with Gasteiger partial charge in [-0.1, -0.05) is 31.4 Å². The molecule has 1 aliphatic carbocycles. The van der Waals surface area contributed by atoms with Crippen LogP contribution in [0.1, 0.15) is 68.9 Å². The third-order valence-electron chi connectivity index (χ3n) is 9.00. The molecule has 9 heteroatoms. The average Bonchev–Trinajstić information content (AvgIpc) is 3.14. The lowest BCUT2D eigenvalue weighted by Crippen LogP contribution is -2.45.